The maximum Gasteiger partial charge on any atom is 0.250 e. The Morgan fingerprint density at radius 2 is 2.33 bits per heavy atom. The topological polar surface area (TPSA) is 15.3 Å². The van der Waals surface area contributed by atoms with Gasteiger partial charge in [0.05, 0.1) is 6.54 Å². The molecule has 0 bridgehead atoms. The van der Waals surface area contributed by atoms with E-state index in [1.165, 1.54) is 5.69 Å². The van der Waals surface area contributed by atoms with Crippen molar-refractivity contribution < 1.29 is 8.78 Å². The Hall–Kier alpha value is -0.680. The summed E-state index contributed by atoms with van der Waals surface area (Å²) in [6.07, 6.45) is -0.154. The van der Waals surface area contributed by atoms with E-state index in [1.54, 1.807) is 11.3 Å². The monoisotopic (exact) mass is 274 g/mol. The van der Waals surface area contributed by atoms with Gasteiger partial charge in [0.25, 0.3) is 6.43 Å². The van der Waals surface area contributed by atoms with Crippen LogP contribution in [0.25, 0.3) is 0 Å². The molecule has 1 N–H and O–H groups in total. The summed E-state index contributed by atoms with van der Waals surface area (Å²) in [5.74, 6) is 0.592. The molecule has 1 aliphatic rings. The van der Waals surface area contributed by atoms with Crippen LogP contribution in [0.5, 0.6) is 0 Å². The molecule has 0 radical (unpaired) electrons. The standard InChI is InChI=1S/C13H20F2N2S/c1-2-10-5-11(16-6-13(14)15)8-17(7-10)12-3-4-18-9-12/h3-4,9-11,13,16H,2,5-8H2,1H3. The van der Waals surface area contributed by atoms with Gasteiger partial charge < -0.3 is 10.2 Å². The molecule has 1 aromatic rings. The van der Waals surface area contributed by atoms with Gasteiger partial charge >= 0.3 is 0 Å². The molecule has 0 amide bonds. The van der Waals surface area contributed by atoms with Gasteiger partial charge in [0, 0.05) is 30.2 Å². The van der Waals surface area contributed by atoms with Crippen molar-refractivity contribution in [3.8, 4) is 0 Å². The lowest BCUT2D eigenvalue weighted by Gasteiger charge is -2.39. The van der Waals surface area contributed by atoms with E-state index >= 15 is 0 Å². The maximum absolute atomic E-state index is 12.3. The molecule has 1 saturated heterocycles. The van der Waals surface area contributed by atoms with Crippen molar-refractivity contribution in [1.29, 1.82) is 0 Å². The Morgan fingerprint density at radius 3 is 2.94 bits per heavy atom. The fraction of sp³-hybridized carbons (Fsp3) is 0.692. The van der Waals surface area contributed by atoms with Gasteiger partial charge in [0.15, 0.2) is 0 Å². The Morgan fingerprint density at radius 1 is 1.50 bits per heavy atom. The third-order valence-corrected chi connectivity index (χ3v) is 4.22. The Kier molecular flexibility index (Phi) is 4.95. The average Bonchev–Trinajstić information content (AvgIpc) is 2.89. The minimum absolute atomic E-state index is 0.178. The second kappa shape index (κ2) is 6.48. The van der Waals surface area contributed by atoms with E-state index in [2.05, 4.69) is 34.0 Å². The van der Waals surface area contributed by atoms with E-state index in [9.17, 15) is 8.78 Å². The molecule has 2 rings (SSSR count). The third kappa shape index (κ3) is 3.65. The molecule has 5 heteroatoms. The Bertz CT molecular complexity index is 343. The van der Waals surface area contributed by atoms with E-state index < -0.39 is 6.43 Å². The number of rotatable bonds is 5. The van der Waals surface area contributed by atoms with Crippen LogP contribution in [0.2, 0.25) is 0 Å². The molecule has 18 heavy (non-hydrogen) atoms. The normalized spacial score (nSPS) is 24.8. The molecule has 2 atom stereocenters. The van der Waals surface area contributed by atoms with Crippen molar-refractivity contribution in [2.45, 2.75) is 32.2 Å². The largest absolute Gasteiger partial charge is 0.369 e. The fourth-order valence-corrected chi connectivity index (χ4v) is 3.21. The quantitative estimate of drug-likeness (QED) is 0.887. The molecule has 1 aliphatic heterocycles. The second-order valence-electron chi connectivity index (χ2n) is 4.89. The van der Waals surface area contributed by atoms with Crippen molar-refractivity contribution >= 4 is 17.0 Å². The van der Waals surface area contributed by atoms with Gasteiger partial charge in [-0.15, -0.1) is 0 Å². The highest BCUT2D eigenvalue weighted by molar-refractivity contribution is 7.08. The smallest absolute Gasteiger partial charge is 0.250 e. The first-order chi connectivity index (χ1) is 8.69. The second-order valence-corrected chi connectivity index (χ2v) is 5.67. The van der Waals surface area contributed by atoms with Gasteiger partial charge in [-0.05, 0) is 23.8 Å². The van der Waals surface area contributed by atoms with Gasteiger partial charge in [-0.2, -0.15) is 11.3 Å². The van der Waals surface area contributed by atoms with Gasteiger partial charge in [-0.25, -0.2) is 8.78 Å². The van der Waals surface area contributed by atoms with E-state index in [0.29, 0.717) is 5.92 Å². The van der Waals surface area contributed by atoms with Crippen LogP contribution in [0.1, 0.15) is 19.8 Å². The summed E-state index contributed by atoms with van der Waals surface area (Å²) in [4.78, 5) is 2.32. The maximum atomic E-state index is 12.3. The zero-order valence-corrected chi connectivity index (χ0v) is 11.4. The minimum Gasteiger partial charge on any atom is -0.369 e. The predicted molar refractivity (Wildman–Crippen MR) is 72.7 cm³/mol. The number of nitrogens with zero attached hydrogens (tertiary/aromatic N) is 1. The highest BCUT2D eigenvalue weighted by Crippen LogP contribution is 2.26. The van der Waals surface area contributed by atoms with Gasteiger partial charge in [0.2, 0.25) is 0 Å². The Labute approximate surface area is 111 Å². The highest BCUT2D eigenvalue weighted by Gasteiger charge is 2.26. The summed E-state index contributed by atoms with van der Waals surface area (Å²) < 4.78 is 24.5. The lowest BCUT2D eigenvalue weighted by Crippen LogP contribution is -2.50. The first-order valence-corrected chi connectivity index (χ1v) is 7.42. The number of nitrogens with one attached hydrogen (secondary N) is 1. The predicted octanol–water partition coefficient (Wildman–Crippen LogP) is 3.21. The van der Waals surface area contributed by atoms with Gasteiger partial charge in [-0.1, -0.05) is 13.3 Å². The molecule has 0 saturated carbocycles. The van der Waals surface area contributed by atoms with Gasteiger partial charge in [-0.3, -0.25) is 0 Å². The van der Waals surface area contributed by atoms with Crippen LogP contribution in [0.3, 0.4) is 0 Å². The first kappa shape index (κ1) is 13.7. The zero-order valence-electron chi connectivity index (χ0n) is 10.6. The lowest BCUT2D eigenvalue weighted by molar-refractivity contribution is 0.137. The number of halogens is 2. The molecule has 0 spiro atoms. The van der Waals surface area contributed by atoms with Crippen LogP contribution >= 0.6 is 11.3 Å². The van der Waals surface area contributed by atoms with Crippen LogP contribution in [-0.4, -0.2) is 32.1 Å². The van der Waals surface area contributed by atoms with E-state index in [1.807, 2.05) is 0 Å². The average molecular weight is 274 g/mol. The van der Waals surface area contributed by atoms with Crippen molar-refractivity contribution in [2.24, 2.45) is 5.92 Å². The molecule has 1 aromatic heterocycles. The van der Waals surface area contributed by atoms with Crippen LogP contribution in [-0.2, 0) is 0 Å². The third-order valence-electron chi connectivity index (χ3n) is 3.55. The molecular formula is C13H20F2N2S. The minimum atomic E-state index is -2.26. The number of hydrogen-bond donors (Lipinski definition) is 1. The highest BCUT2D eigenvalue weighted by atomic mass is 32.1. The summed E-state index contributed by atoms with van der Waals surface area (Å²) in [6.45, 7) is 3.85. The molecule has 2 nitrogen and oxygen atoms in total. The van der Waals surface area contributed by atoms with Gasteiger partial charge in [0.1, 0.15) is 0 Å². The number of alkyl halides is 2. The van der Waals surface area contributed by atoms with Crippen molar-refractivity contribution in [3.05, 3.63) is 16.8 Å². The summed E-state index contributed by atoms with van der Waals surface area (Å²) in [5, 5.41) is 7.18. The zero-order chi connectivity index (χ0) is 13.0. The lowest BCUT2D eigenvalue weighted by atomic mass is 9.92. The molecule has 2 unspecified atom stereocenters. The fourth-order valence-electron chi connectivity index (χ4n) is 2.55. The molecule has 102 valence electrons. The number of thiophene rings is 1. The Balaban J connectivity index is 1.95. The van der Waals surface area contributed by atoms with Crippen LogP contribution in [0.4, 0.5) is 14.5 Å². The first-order valence-electron chi connectivity index (χ1n) is 6.47. The SMILES string of the molecule is CCC1CC(NCC(F)F)CN(c2ccsc2)C1. The van der Waals surface area contributed by atoms with E-state index in [0.717, 1.165) is 25.9 Å². The number of piperidine rings is 1. The summed E-state index contributed by atoms with van der Waals surface area (Å²) >= 11 is 1.68. The molecular weight excluding hydrogens is 254 g/mol. The molecule has 2 heterocycles. The van der Waals surface area contributed by atoms with E-state index in [-0.39, 0.29) is 12.6 Å². The molecule has 1 fully saturated rings. The van der Waals surface area contributed by atoms with Crippen LogP contribution in [0.15, 0.2) is 16.8 Å². The van der Waals surface area contributed by atoms with Crippen molar-refractivity contribution in [3.63, 3.8) is 0 Å². The summed E-state index contributed by atoms with van der Waals surface area (Å²) in [7, 11) is 0. The van der Waals surface area contributed by atoms with Crippen LogP contribution < -0.4 is 10.2 Å². The molecule has 0 aromatic carbocycles. The number of anilines is 1. The summed E-state index contributed by atoms with van der Waals surface area (Å²) in [6, 6.07) is 2.28. The van der Waals surface area contributed by atoms with Crippen molar-refractivity contribution in [2.75, 3.05) is 24.5 Å². The molecule has 0 aliphatic carbocycles. The summed E-state index contributed by atoms with van der Waals surface area (Å²) in [5.41, 5.74) is 1.22. The van der Waals surface area contributed by atoms with Crippen LogP contribution in [0, 0.1) is 5.92 Å². The number of hydrogen-bond acceptors (Lipinski definition) is 3. The van der Waals surface area contributed by atoms with E-state index in [4.69, 9.17) is 0 Å². The van der Waals surface area contributed by atoms with Crippen molar-refractivity contribution in [1.82, 2.24) is 5.32 Å².